The van der Waals surface area contributed by atoms with Crippen LogP contribution in [0.15, 0.2) is 24.3 Å². The first-order valence-electron chi connectivity index (χ1n) is 11.2. The van der Waals surface area contributed by atoms with Gasteiger partial charge in [-0.2, -0.15) is 0 Å². The summed E-state index contributed by atoms with van der Waals surface area (Å²) in [6, 6.07) is 15.2. The minimum Gasteiger partial charge on any atom is -0.207 e. The number of aryl methyl sites for hydroxylation is 1. The average Bonchev–Trinajstić information content (AvgIpc) is 2.69. The van der Waals surface area contributed by atoms with E-state index in [1.807, 2.05) is 12.1 Å². The second-order valence-corrected chi connectivity index (χ2v) is 14.9. The molecule has 0 spiro atoms. The first kappa shape index (κ1) is 20.3. The van der Waals surface area contributed by atoms with E-state index in [-0.39, 0.29) is 23.4 Å². The Bertz CT molecular complexity index is 499. The van der Waals surface area contributed by atoms with Crippen LogP contribution in [0.2, 0.25) is 35.8 Å². The molecule has 0 atom stereocenters. The number of unbranched alkanes of at least 4 members (excludes halogenated alkanes) is 2. The molecule has 3 heteroatoms. The van der Waals surface area contributed by atoms with Crippen molar-refractivity contribution >= 4 is 17.6 Å². The summed E-state index contributed by atoms with van der Waals surface area (Å²) in [5.74, 6) is 0.826. The van der Waals surface area contributed by atoms with E-state index >= 15 is 0 Å². The van der Waals surface area contributed by atoms with Crippen molar-refractivity contribution in [1.82, 2.24) is 0 Å². The molecule has 0 bridgehead atoms. The maximum absolute atomic E-state index is 13.0. The van der Waals surface area contributed by atoms with Crippen molar-refractivity contribution in [2.24, 2.45) is 5.92 Å². The third-order valence-corrected chi connectivity index (χ3v) is 13.6. The number of rotatable bonds is 8. The van der Waals surface area contributed by atoms with Gasteiger partial charge in [0.15, 0.2) is 0 Å². The van der Waals surface area contributed by atoms with Crippen LogP contribution in [0.1, 0.15) is 63.9 Å². The van der Waals surface area contributed by atoms with Crippen LogP contribution < -0.4 is 0 Å². The van der Waals surface area contributed by atoms with Gasteiger partial charge in [-0.25, -0.2) is 4.39 Å². The van der Waals surface area contributed by atoms with Crippen molar-refractivity contribution in [3.05, 3.63) is 35.6 Å². The van der Waals surface area contributed by atoms with Gasteiger partial charge >= 0.3 is 0 Å². The molecule has 2 fully saturated rings. The van der Waals surface area contributed by atoms with Gasteiger partial charge < -0.3 is 0 Å². The van der Waals surface area contributed by atoms with E-state index in [1.165, 1.54) is 44.1 Å². The zero-order chi connectivity index (χ0) is 18.2. The molecule has 2 aliphatic rings. The van der Waals surface area contributed by atoms with Crippen LogP contribution in [-0.4, -0.2) is 17.6 Å². The lowest BCUT2D eigenvalue weighted by atomic mass is 9.94. The average molecular weight is 389 g/mol. The van der Waals surface area contributed by atoms with Crippen LogP contribution >= 0.6 is 0 Å². The third-order valence-electron chi connectivity index (χ3n) is 6.91. The van der Waals surface area contributed by atoms with Gasteiger partial charge in [-0.3, -0.25) is 0 Å². The number of hydrogen-bond acceptors (Lipinski definition) is 0. The molecule has 0 aliphatic carbocycles. The summed E-state index contributed by atoms with van der Waals surface area (Å²) in [5, 5.41) is 0. The molecule has 2 radical (unpaired) electrons. The van der Waals surface area contributed by atoms with Gasteiger partial charge in [0.05, 0.1) is 8.80 Å². The van der Waals surface area contributed by atoms with E-state index in [4.69, 9.17) is 0 Å². The highest BCUT2D eigenvalue weighted by Gasteiger charge is 2.32. The Morgan fingerprint density at radius 3 is 2.27 bits per heavy atom. The lowest BCUT2D eigenvalue weighted by Gasteiger charge is -2.36. The number of benzene rings is 1. The minimum absolute atomic E-state index is 0.0464. The molecule has 1 aromatic carbocycles. The van der Waals surface area contributed by atoms with Crippen molar-refractivity contribution in [2.75, 3.05) is 0 Å². The molecule has 3 rings (SSSR count). The summed E-state index contributed by atoms with van der Waals surface area (Å²) < 4.78 is 13.0. The maximum atomic E-state index is 13.0. The predicted molar refractivity (Wildman–Crippen MR) is 115 cm³/mol. The van der Waals surface area contributed by atoms with E-state index in [0.29, 0.717) is 0 Å². The van der Waals surface area contributed by atoms with Crippen LogP contribution in [-0.2, 0) is 6.42 Å². The molecule has 144 valence electrons. The smallest absolute Gasteiger partial charge is 0.123 e. The topological polar surface area (TPSA) is 0 Å². The van der Waals surface area contributed by atoms with E-state index in [9.17, 15) is 4.39 Å². The minimum atomic E-state index is -0.110. The second-order valence-electron chi connectivity index (χ2n) is 8.75. The summed E-state index contributed by atoms with van der Waals surface area (Å²) >= 11 is 0. The molecule has 2 saturated heterocycles. The summed E-state index contributed by atoms with van der Waals surface area (Å²) in [4.78, 5) is 0. The summed E-state index contributed by atoms with van der Waals surface area (Å²) in [5.41, 5.74) is 2.48. The van der Waals surface area contributed by atoms with Gasteiger partial charge in [0.1, 0.15) is 5.82 Å². The lowest BCUT2D eigenvalue weighted by molar-refractivity contribution is 0.433. The highest BCUT2D eigenvalue weighted by atomic mass is 28.3. The number of halogens is 1. The normalized spacial score (nSPS) is 21.3. The fourth-order valence-electron chi connectivity index (χ4n) is 5.08. The maximum Gasteiger partial charge on any atom is 0.123 e. The standard InChI is InChI=1S/C23H37FSi2/c1-2-3-4-15-25-16-13-23(14-17-25)26-18-11-21(12-19-26)6-5-20-7-9-22(24)10-8-20/h7-10,21,23H,2-6,11-19H2,1H3. The highest BCUT2D eigenvalue weighted by Crippen LogP contribution is 2.41. The Morgan fingerprint density at radius 2 is 1.62 bits per heavy atom. The predicted octanol–water partition coefficient (Wildman–Crippen LogP) is 7.51. The summed E-state index contributed by atoms with van der Waals surface area (Å²) in [6.07, 6.45) is 13.0. The van der Waals surface area contributed by atoms with Crippen LogP contribution in [0.4, 0.5) is 4.39 Å². The molecule has 0 amide bonds. The Balaban J connectivity index is 1.32. The molecule has 0 N–H and O–H groups in total. The molecule has 0 saturated carbocycles. The number of hydrogen-bond donors (Lipinski definition) is 0. The Morgan fingerprint density at radius 1 is 0.923 bits per heavy atom. The summed E-state index contributed by atoms with van der Waals surface area (Å²) in [7, 11) is -0.00339. The SMILES string of the molecule is CCCCC[Si]1CCC([Si]2CCC(CCc3ccc(F)cc3)CC2)CC1. The van der Waals surface area contributed by atoms with Crippen LogP contribution in [0.3, 0.4) is 0 Å². The Labute approximate surface area is 164 Å². The molecular formula is C23H37FSi2. The van der Waals surface area contributed by atoms with Crippen LogP contribution in [0, 0.1) is 11.7 Å². The van der Waals surface area contributed by atoms with Crippen molar-refractivity contribution in [3.63, 3.8) is 0 Å². The molecule has 0 nitrogen and oxygen atoms in total. The fourth-order valence-corrected chi connectivity index (χ4v) is 12.4. The molecular weight excluding hydrogens is 351 g/mol. The monoisotopic (exact) mass is 388 g/mol. The third kappa shape index (κ3) is 6.33. The van der Waals surface area contributed by atoms with Crippen molar-refractivity contribution in [2.45, 2.75) is 100 Å². The zero-order valence-corrected chi connectivity index (χ0v) is 18.7. The molecule has 26 heavy (non-hydrogen) atoms. The van der Waals surface area contributed by atoms with Gasteiger partial charge in [-0.05, 0) is 42.0 Å². The van der Waals surface area contributed by atoms with Gasteiger partial charge in [0.25, 0.3) is 0 Å². The first-order valence-corrected chi connectivity index (χ1v) is 15.3. The highest BCUT2D eigenvalue weighted by molar-refractivity contribution is 6.63. The van der Waals surface area contributed by atoms with E-state index in [0.717, 1.165) is 17.9 Å². The Kier molecular flexibility index (Phi) is 8.44. The largest absolute Gasteiger partial charge is 0.207 e. The van der Waals surface area contributed by atoms with Crippen molar-refractivity contribution in [1.29, 1.82) is 0 Å². The van der Waals surface area contributed by atoms with Crippen LogP contribution in [0.5, 0.6) is 0 Å². The van der Waals surface area contributed by atoms with E-state index in [2.05, 4.69) is 6.92 Å². The van der Waals surface area contributed by atoms with E-state index < -0.39 is 0 Å². The molecule has 0 aromatic heterocycles. The zero-order valence-electron chi connectivity index (χ0n) is 16.7. The molecule has 2 heterocycles. The van der Waals surface area contributed by atoms with Crippen molar-refractivity contribution < 1.29 is 4.39 Å². The quantitative estimate of drug-likeness (QED) is 0.319. The van der Waals surface area contributed by atoms with Gasteiger partial charge in [-0.15, -0.1) is 0 Å². The van der Waals surface area contributed by atoms with Gasteiger partial charge in [-0.1, -0.05) is 94.2 Å². The van der Waals surface area contributed by atoms with Gasteiger partial charge in [0.2, 0.25) is 0 Å². The molecule has 2 aliphatic heterocycles. The lowest BCUT2D eigenvalue weighted by Crippen LogP contribution is -2.31. The van der Waals surface area contributed by atoms with E-state index in [1.54, 1.807) is 55.2 Å². The molecule has 1 aromatic rings. The van der Waals surface area contributed by atoms with Crippen LogP contribution in [0.25, 0.3) is 0 Å². The molecule has 0 unspecified atom stereocenters. The Hall–Kier alpha value is -0.416. The summed E-state index contributed by atoms with van der Waals surface area (Å²) in [6.45, 7) is 2.33. The first-order chi connectivity index (χ1) is 12.7. The fraction of sp³-hybridized carbons (Fsp3) is 0.739. The second kappa shape index (κ2) is 10.8. The van der Waals surface area contributed by atoms with Gasteiger partial charge in [0, 0.05) is 8.80 Å². The van der Waals surface area contributed by atoms with Crippen molar-refractivity contribution in [3.8, 4) is 0 Å².